The van der Waals surface area contributed by atoms with Gasteiger partial charge in [-0.25, -0.2) is 0 Å². The summed E-state index contributed by atoms with van der Waals surface area (Å²) in [4.78, 5) is 26.4. The summed E-state index contributed by atoms with van der Waals surface area (Å²) in [6.07, 6.45) is 10.7. The van der Waals surface area contributed by atoms with Crippen LogP contribution in [0.1, 0.15) is 106 Å². The first-order chi connectivity index (χ1) is 16.1. The Bertz CT molecular complexity index is 976. The first-order valence-electron chi connectivity index (χ1n) is 14.2. The summed E-state index contributed by atoms with van der Waals surface area (Å²) in [5, 5.41) is 12.0. The fourth-order valence-corrected chi connectivity index (χ4v) is 10.8. The molecule has 0 bridgehead atoms. The van der Waals surface area contributed by atoms with E-state index in [1.54, 1.807) is 0 Å². The Morgan fingerprint density at radius 3 is 2.31 bits per heavy atom. The molecule has 5 rings (SSSR count). The van der Waals surface area contributed by atoms with Crippen LogP contribution in [0.3, 0.4) is 0 Å². The number of hydrogen-bond donors (Lipinski definition) is 1. The van der Waals surface area contributed by atoms with E-state index in [0.717, 1.165) is 51.4 Å². The van der Waals surface area contributed by atoms with Crippen molar-refractivity contribution in [2.24, 2.45) is 50.7 Å². The minimum atomic E-state index is -0.941. The molecule has 0 aromatic rings. The van der Waals surface area contributed by atoms with E-state index in [-0.39, 0.29) is 39.5 Å². The second-order valence-corrected chi connectivity index (χ2v) is 14.7. The highest BCUT2D eigenvalue weighted by atomic mass is 16.5. The lowest BCUT2D eigenvalue weighted by Gasteiger charge is -2.71. The zero-order valence-electron chi connectivity index (χ0n) is 23.4. The monoisotopic (exact) mass is 484 g/mol. The van der Waals surface area contributed by atoms with Crippen molar-refractivity contribution in [1.82, 2.24) is 0 Å². The van der Waals surface area contributed by atoms with Crippen molar-refractivity contribution < 1.29 is 19.4 Å². The maximum atomic E-state index is 13.4. The summed E-state index contributed by atoms with van der Waals surface area (Å²) in [5.41, 5.74) is -0.347. The Labute approximate surface area is 212 Å². The van der Waals surface area contributed by atoms with Crippen LogP contribution >= 0.6 is 0 Å². The molecule has 196 valence electrons. The van der Waals surface area contributed by atoms with Gasteiger partial charge in [-0.3, -0.25) is 9.59 Å². The van der Waals surface area contributed by atoms with Gasteiger partial charge in [-0.1, -0.05) is 53.2 Å². The van der Waals surface area contributed by atoms with Crippen LogP contribution < -0.4 is 0 Å². The molecule has 4 heteroatoms. The highest BCUT2D eigenvalue weighted by Crippen LogP contribution is 2.75. The van der Waals surface area contributed by atoms with Crippen molar-refractivity contribution in [3.63, 3.8) is 0 Å². The van der Waals surface area contributed by atoms with Crippen LogP contribution in [0.25, 0.3) is 0 Å². The van der Waals surface area contributed by atoms with Crippen molar-refractivity contribution >= 4 is 11.8 Å². The molecule has 0 aromatic carbocycles. The third kappa shape index (κ3) is 2.90. The zero-order chi connectivity index (χ0) is 25.8. The molecule has 0 radical (unpaired) electrons. The third-order valence-corrected chi connectivity index (χ3v) is 13.4. The van der Waals surface area contributed by atoms with Gasteiger partial charge in [0.15, 0.2) is 0 Å². The SMILES string of the molecule is COC(=O)[C@]12CC[C@@H](C)[C@@](C)(O)[C@H]1C1=CC[C@@H]3[C@@]4(C)CCC(=O)C(C)(C)[C@@H]4CC[C@@]3(C)[C@]1(C)CC2. The van der Waals surface area contributed by atoms with Crippen LogP contribution in [0.15, 0.2) is 11.6 Å². The zero-order valence-corrected chi connectivity index (χ0v) is 23.4. The predicted molar refractivity (Wildman–Crippen MR) is 137 cm³/mol. The second kappa shape index (κ2) is 7.45. The van der Waals surface area contributed by atoms with Crippen molar-refractivity contribution in [3.05, 3.63) is 11.6 Å². The van der Waals surface area contributed by atoms with Gasteiger partial charge < -0.3 is 9.84 Å². The van der Waals surface area contributed by atoms with Crippen LogP contribution in [0.4, 0.5) is 0 Å². The molecular weight excluding hydrogens is 436 g/mol. The summed E-state index contributed by atoms with van der Waals surface area (Å²) < 4.78 is 5.43. The van der Waals surface area contributed by atoms with E-state index in [1.807, 2.05) is 6.92 Å². The lowest BCUT2D eigenvalue weighted by Crippen LogP contribution is -2.67. The minimum absolute atomic E-state index is 0.0707. The number of esters is 1. The molecule has 4 saturated carbocycles. The van der Waals surface area contributed by atoms with Crippen molar-refractivity contribution in [2.45, 2.75) is 112 Å². The quantitative estimate of drug-likeness (QED) is 0.341. The summed E-state index contributed by atoms with van der Waals surface area (Å²) in [5.74, 6) is 1.17. The van der Waals surface area contributed by atoms with E-state index in [9.17, 15) is 14.7 Å². The molecule has 9 atom stereocenters. The molecule has 0 amide bonds. The minimum Gasteiger partial charge on any atom is -0.469 e. The Morgan fingerprint density at radius 2 is 1.66 bits per heavy atom. The molecule has 0 aliphatic heterocycles. The largest absolute Gasteiger partial charge is 0.469 e. The average Bonchev–Trinajstić information content (AvgIpc) is 2.79. The van der Waals surface area contributed by atoms with Crippen LogP contribution in [0.2, 0.25) is 0 Å². The van der Waals surface area contributed by atoms with Crippen LogP contribution in [0.5, 0.6) is 0 Å². The van der Waals surface area contributed by atoms with Crippen molar-refractivity contribution in [3.8, 4) is 0 Å². The van der Waals surface area contributed by atoms with E-state index < -0.39 is 11.0 Å². The molecule has 0 saturated heterocycles. The number of hydrogen-bond acceptors (Lipinski definition) is 4. The average molecular weight is 485 g/mol. The highest BCUT2D eigenvalue weighted by Gasteiger charge is 2.71. The number of rotatable bonds is 1. The number of aliphatic hydroxyl groups is 1. The molecule has 35 heavy (non-hydrogen) atoms. The first kappa shape index (κ1) is 25.5. The van der Waals surface area contributed by atoms with Crippen LogP contribution in [-0.2, 0) is 14.3 Å². The van der Waals surface area contributed by atoms with Gasteiger partial charge in [-0.15, -0.1) is 0 Å². The molecule has 0 aromatic heterocycles. The molecule has 4 fully saturated rings. The molecular formula is C31H48O4. The number of ether oxygens (including phenoxy) is 1. The fourth-order valence-electron chi connectivity index (χ4n) is 10.8. The Balaban J connectivity index is 1.65. The molecule has 1 N–H and O–H groups in total. The van der Waals surface area contributed by atoms with E-state index in [2.05, 4.69) is 47.6 Å². The van der Waals surface area contributed by atoms with Gasteiger partial charge in [0.25, 0.3) is 0 Å². The van der Waals surface area contributed by atoms with Gasteiger partial charge in [0.2, 0.25) is 0 Å². The van der Waals surface area contributed by atoms with E-state index in [4.69, 9.17) is 4.74 Å². The molecule has 5 aliphatic rings. The van der Waals surface area contributed by atoms with Crippen molar-refractivity contribution in [2.75, 3.05) is 7.11 Å². The van der Waals surface area contributed by atoms with Crippen molar-refractivity contribution in [1.29, 1.82) is 0 Å². The van der Waals surface area contributed by atoms with Gasteiger partial charge in [-0.05, 0) is 92.3 Å². The lowest BCUT2D eigenvalue weighted by atomic mass is 9.33. The van der Waals surface area contributed by atoms with Gasteiger partial charge in [0.05, 0.1) is 18.1 Å². The Kier molecular flexibility index (Phi) is 5.43. The van der Waals surface area contributed by atoms with E-state index in [0.29, 0.717) is 24.0 Å². The van der Waals surface area contributed by atoms with E-state index >= 15 is 0 Å². The van der Waals surface area contributed by atoms with Crippen LogP contribution in [-0.4, -0.2) is 29.6 Å². The number of fused-ring (bicyclic) bond motifs is 7. The fraction of sp³-hybridized carbons (Fsp3) is 0.871. The maximum absolute atomic E-state index is 13.4. The molecule has 0 spiro atoms. The molecule has 4 nitrogen and oxygen atoms in total. The number of carbonyl (C=O) groups is 2. The standard InChI is InChI=1S/C31H48O4/c1-19-11-16-31(25(33)35-8)18-17-28(5)20(24(31)30(19,7)34)9-10-22-27(4)14-13-23(32)26(2,3)21(27)12-15-29(22,28)6/h9,19,21-22,24,34H,10-18H2,1-8H3/t19-,21+,22-,24-,27+,28-,29-,30-,31+/m1/s1. The Morgan fingerprint density at radius 1 is 0.971 bits per heavy atom. The van der Waals surface area contributed by atoms with Gasteiger partial charge >= 0.3 is 5.97 Å². The summed E-state index contributed by atoms with van der Waals surface area (Å²) in [6, 6.07) is 0. The lowest BCUT2D eigenvalue weighted by molar-refractivity contribution is -0.208. The number of allylic oxidation sites excluding steroid dienone is 1. The van der Waals surface area contributed by atoms with Gasteiger partial charge in [0.1, 0.15) is 5.78 Å². The highest BCUT2D eigenvalue weighted by molar-refractivity contribution is 5.85. The third-order valence-electron chi connectivity index (χ3n) is 13.4. The number of carbonyl (C=O) groups excluding carboxylic acids is 2. The molecule has 0 heterocycles. The van der Waals surface area contributed by atoms with Gasteiger partial charge in [0, 0.05) is 17.8 Å². The normalized spacial score (nSPS) is 52.8. The second-order valence-electron chi connectivity index (χ2n) is 14.7. The predicted octanol–water partition coefficient (Wildman–Crippen LogP) is 6.50. The number of methoxy groups -OCH3 is 1. The first-order valence-corrected chi connectivity index (χ1v) is 14.2. The Hall–Kier alpha value is -1.16. The molecule has 0 unspecified atom stereocenters. The maximum Gasteiger partial charge on any atom is 0.312 e. The summed E-state index contributed by atoms with van der Waals surface area (Å²) in [7, 11) is 1.51. The number of ketones is 1. The van der Waals surface area contributed by atoms with Gasteiger partial charge in [-0.2, -0.15) is 0 Å². The topological polar surface area (TPSA) is 63.6 Å². The van der Waals surface area contributed by atoms with E-state index in [1.165, 1.54) is 12.7 Å². The summed E-state index contributed by atoms with van der Waals surface area (Å²) in [6.45, 7) is 16.0. The van der Waals surface area contributed by atoms with Crippen LogP contribution in [0, 0.1) is 50.7 Å². The summed E-state index contributed by atoms with van der Waals surface area (Å²) >= 11 is 0. The molecule has 5 aliphatic carbocycles. The number of Topliss-reactive ketones (excluding diaryl/α,β-unsaturated/α-hetero) is 1. The smallest absolute Gasteiger partial charge is 0.312 e.